The Morgan fingerprint density at radius 1 is 1.41 bits per heavy atom. The van der Waals surface area contributed by atoms with Gasteiger partial charge in [0.05, 0.1) is 5.02 Å². The molecule has 0 amide bonds. The molecule has 3 nitrogen and oxygen atoms in total. The first-order valence-corrected chi connectivity index (χ1v) is 5.85. The van der Waals surface area contributed by atoms with Crippen LogP contribution in [0.4, 0.5) is 0 Å². The van der Waals surface area contributed by atoms with Gasteiger partial charge in [-0.15, -0.1) is 0 Å². The zero-order chi connectivity index (χ0) is 12.4. The molecular weight excluding hydrogens is 234 g/mol. The molecule has 0 aliphatic rings. The number of H-pyrrole nitrogens is 1. The van der Waals surface area contributed by atoms with Crippen LogP contribution in [-0.4, -0.2) is 15.0 Å². The topological polar surface area (TPSA) is 41.6 Å². The summed E-state index contributed by atoms with van der Waals surface area (Å²) in [4.78, 5) is 11.9. The number of aromatic nitrogens is 3. The summed E-state index contributed by atoms with van der Waals surface area (Å²) in [5.74, 6) is 0.792. The van der Waals surface area contributed by atoms with Crippen molar-refractivity contribution in [2.45, 2.75) is 20.8 Å². The minimum atomic E-state index is 0.652. The first-order chi connectivity index (χ1) is 8.17. The summed E-state index contributed by atoms with van der Waals surface area (Å²) in [6, 6.07) is 0. The van der Waals surface area contributed by atoms with Gasteiger partial charge in [0.15, 0.2) is 5.65 Å². The molecule has 0 saturated heterocycles. The molecule has 2 aromatic heterocycles. The van der Waals surface area contributed by atoms with Crippen LogP contribution >= 0.6 is 11.6 Å². The molecule has 2 rings (SSSR count). The smallest absolute Gasteiger partial charge is 0.179 e. The average Bonchev–Trinajstić information content (AvgIpc) is 2.75. The molecule has 0 atom stereocenters. The largest absolute Gasteiger partial charge is 0.335 e. The van der Waals surface area contributed by atoms with Crippen LogP contribution in [0.1, 0.15) is 25.2 Å². The SMILES string of the molecule is C/C=C\C(=C/C)c1nc2ncc(C)c(Cl)c2[nH]1. The number of pyridine rings is 1. The van der Waals surface area contributed by atoms with Crippen molar-refractivity contribution in [3.63, 3.8) is 0 Å². The number of hydrogen-bond donors (Lipinski definition) is 1. The van der Waals surface area contributed by atoms with Crippen LogP contribution in [0.25, 0.3) is 16.7 Å². The Morgan fingerprint density at radius 3 is 2.82 bits per heavy atom. The van der Waals surface area contributed by atoms with Crippen LogP contribution in [0, 0.1) is 6.92 Å². The first kappa shape index (κ1) is 11.9. The maximum Gasteiger partial charge on any atom is 0.179 e. The van der Waals surface area contributed by atoms with E-state index in [2.05, 4.69) is 15.0 Å². The molecule has 17 heavy (non-hydrogen) atoms. The molecule has 0 spiro atoms. The monoisotopic (exact) mass is 247 g/mol. The third-order valence-corrected chi connectivity index (χ3v) is 3.05. The van der Waals surface area contributed by atoms with Crippen molar-refractivity contribution in [2.75, 3.05) is 0 Å². The Bertz CT molecular complexity index is 608. The van der Waals surface area contributed by atoms with E-state index < -0.39 is 0 Å². The van der Waals surface area contributed by atoms with Crippen molar-refractivity contribution in [3.8, 4) is 0 Å². The molecular formula is C13H14ClN3. The highest BCUT2D eigenvalue weighted by Crippen LogP contribution is 2.25. The van der Waals surface area contributed by atoms with E-state index in [-0.39, 0.29) is 0 Å². The van der Waals surface area contributed by atoms with E-state index in [0.717, 1.165) is 22.5 Å². The number of fused-ring (bicyclic) bond motifs is 1. The van der Waals surface area contributed by atoms with Gasteiger partial charge >= 0.3 is 0 Å². The van der Waals surface area contributed by atoms with Gasteiger partial charge in [-0.3, -0.25) is 0 Å². The molecule has 0 saturated carbocycles. The van der Waals surface area contributed by atoms with Gasteiger partial charge in [-0.2, -0.15) is 0 Å². The summed E-state index contributed by atoms with van der Waals surface area (Å²) in [6.45, 7) is 5.88. The number of allylic oxidation sites excluding steroid dienone is 4. The summed E-state index contributed by atoms with van der Waals surface area (Å²) in [5, 5.41) is 0.685. The number of aromatic amines is 1. The van der Waals surface area contributed by atoms with Crippen LogP contribution in [0.15, 0.2) is 24.4 Å². The number of imidazole rings is 1. The summed E-state index contributed by atoms with van der Waals surface area (Å²) >= 11 is 6.22. The molecule has 2 heterocycles. The van der Waals surface area contributed by atoms with Gasteiger partial charge in [0.25, 0.3) is 0 Å². The Hall–Kier alpha value is -1.61. The van der Waals surface area contributed by atoms with E-state index in [1.165, 1.54) is 0 Å². The van der Waals surface area contributed by atoms with Crippen molar-refractivity contribution in [1.29, 1.82) is 0 Å². The van der Waals surface area contributed by atoms with Gasteiger partial charge in [-0.1, -0.05) is 29.8 Å². The molecule has 0 aromatic carbocycles. The standard InChI is InChI=1S/C13H14ClN3/c1-4-6-9(5-2)12-16-11-10(14)8(3)7-15-13(11)17-12/h4-7H,1-3H3,(H,15,16,17)/b6-4-,9-5+. The van der Waals surface area contributed by atoms with E-state index in [1.54, 1.807) is 6.20 Å². The lowest BCUT2D eigenvalue weighted by Gasteiger charge is -1.96. The van der Waals surface area contributed by atoms with Crippen LogP contribution in [-0.2, 0) is 0 Å². The van der Waals surface area contributed by atoms with E-state index in [0.29, 0.717) is 10.7 Å². The van der Waals surface area contributed by atoms with Gasteiger partial charge in [-0.25, -0.2) is 9.97 Å². The lowest BCUT2D eigenvalue weighted by Crippen LogP contribution is -1.82. The molecule has 0 aliphatic carbocycles. The molecule has 0 aliphatic heterocycles. The second kappa shape index (κ2) is 4.72. The molecule has 1 N–H and O–H groups in total. The van der Waals surface area contributed by atoms with Gasteiger partial charge in [0.2, 0.25) is 0 Å². The highest BCUT2D eigenvalue weighted by Gasteiger charge is 2.10. The van der Waals surface area contributed by atoms with E-state index in [1.807, 2.05) is 39.0 Å². The van der Waals surface area contributed by atoms with Crippen molar-refractivity contribution in [3.05, 3.63) is 40.8 Å². The fraction of sp³-hybridized carbons (Fsp3) is 0.231. The van der Waals surface area contributed by atoms with Gasteiger partial charge in [0.1, 0.15) is 11.3 Å². The first-order valence-electron chi connectivity index (χ1n) is 5.47. The zero-order valence-corrected chi connectivity index (χ0v) is 10.8. The highest BCUT2D eigenvalue weighted by molar-refractivity contribution is 6.35. The normalized spacial score (nSPS) is 12.8. The van der Waals surface area contributed by atoms with Crippen LogP contribution < -0.4 is 0 Å². The van der Waals surface area contributed by atoms with Gasteiger partial charge in [-0.05, 0) is 26.3 Å². The fourth-order valence-corrected chi connectivity index (χ4v) is 1.83. The van der Waals surface area contributed by atoms with Crippen LogP contribution in [0.3, 0.4) is 0 Å². The number of hydrogen-bond acceptors (Lipinski definition) is 2. The summed E-state index contributed by atoms with van der Waals surface area (Å²) in [5.41, 5.74) is 3.42. The third-order valence-electron chi connectivity index (χ3n) is 2.56. The molecule has 0 fully saturated rings. The zero-order valence-electron chi connectivity index (χ0n) is 10.1. The molecule has 0 unspecified atom stereocenters. The number of aryl methyl sites for hydroxylation is 1. The van der Waals surface area contributed by atoms with Crippen LogP contribution in [0.2, 0.25) is 5.02 Å². The number of nitrogens with one attached hydrogen (secondary N) is 1. The maximum absolute atomic E-state index is 6.22. The summed E-state index contributed by atoms with van der Waals surface area (Å²) in [7, 11) is 0. The molecule has 4 heteroatoms. The van der Waals surface area contributed by atoms with Gasteiger partial charge in [0, 0.05) is 11.8 Å². The summed E-state index contributed by atoms with van der Waals surface area (Å²) in [6.07, 6.45) is 7.71. The van der Waals surface area contributed by atoms with Gasteiger partial charge < -0.3 is 4.98 Å². The molecule has 2 aromatic rings. The minimum absolute atomic E-state index is 0.652. The van der Waals surface area contributed by atoms with E-state index in [9.17, 15) is 0 Å². The lowest BCUT2D eigenvalue weighted by molar-refractivity contribution is 1.24. The van der Waals surface area contributed by atoms with Crippen LogP contribution in [0.5, 0.6) is 0 Å². The maximum atomic E-state index is 6.22. The predicted octanol–water partition coefficient (Wildman–Crippen LogP) is 3.90. The Kier molecular flexibility index (Phi) is 3.29. The Morgan fingerprint density at radius 2 is 2.18 bits per heavy atom. The van der Waals surface area contributed by atoms with Crippen molar-refractivity contribution in [2.24, 2.45) is 0 Å². The molecule has 0 bridgehead atoms. The van der Waals surface area contributed by atoms with E-state index in [4.69, 9.17) is 11.6 Å². The van der Waals surface area contributed by atoms with Crippen molar-refractivity contribution >= 4 is 28.3 Å². The third kappa shape index (κ3) is 2.11. The quantitative estimate of drug-likeness (QED) is 0.818. The van der Waals surface area contributed by atoms with Crippen molar-refractivity contribution in [1.82, 2.24) is 15.0 Å². The Labute approximate surface area is 105 Å². The lowest BCUT2D eigenvalue weighted by atomic mass is 10.2. The summed E-state index contributed by atoms with van der Waals surface area (Å²) < 4.78 is 0. The second-order valence-electron chi connectivity index (χ2n) is 3.78. The molecule has 88 valence electrons. The predicted molar refractivity (Wildman–Crippen MR) is 72.1 cm³/mol. The Balaban J connectivity index is 2.63. The van der Waals surface area contributed by atoms with Crippen molar-refractivity contribution < 1.29 is 0 Å². The fourth-order valence-electron chi connectivity index (χ4n) is 1.65. The number of halogens is 1. The van der Waals surface area contributed by atoms with E-state index >= 15 is 0 Å². The number of rotatable bonds is 2. The number of nitrogens with zero attached hydrogens (tertiary/aromatic N) is 2. The molecule has 0 radical (unpaired) electrons. The highest BCUT2D eigenvalue weighted by atomic mass is 35.5. The second-order valence-corrected chi connectivity index (χ2v) is 4.16. The average molecular weight is 248 g/mol. The minimum Gasteiger partial charge on any atom is -0.335 e.